The number of piperazine rings is 1. The maximum absolute atomic E-state index is 12.1. The number of hydrogen-bond donors (Lipinski definition) is 2. The quantitative estimate of drug-likeness (QED) is 0.810. The largest absolute Gasteiger partial charge is 0.508 e. The minimum atomic E-state index is -0.408. The van der Waals surface area contributed by atoms with E-state index in [0.717, 1.165) is 5.56 Å². The molecule has 2 amide bonds. The lowest BCUT2D eigenvalue weighted by Gasteiger charge is -2.50. The van der Waals surface area contributed by atoms with E-state index in [4.69, 9.17) is 0 Å². The van der Waals surface area contributed by atoms with Gasteiger partial charge in [-0.2, -0.15) is 0 Å². The number of amides is 2. The van der Waals surface area contributed by atoms with Crippen LogP contribution in [0.4, 0.5) is 0 Å². The molecule has 2 aliphatic heterocycles. The molecule has 21 heavy (non-hydrogen) atoms. The average Bonchev–Trinajstić information content (AvgIpc) is 2.45. The predicted molar refractivity (Wildman–Crippen MR) is 77.8 cm³/mol. The molecule has 1 aromatic rings. The molecule has 2 aliphatic rings. The van der Waals surface area contributed by atoms with Gasteiger partial charge >= 0.3 is 0 Å². The minimum Gasteiger partial charge on any atom is -0.508 e. The second-order valence-electron chi connectivity index (χ2n) is 6.35. The second kappa shape index (κ2) is 4.76. The zero-order valence-corrected chi connectivity index (χ0v) is 12.3. The van der Waals surface area contributed by atoms with Crippen LogP contribution in [-0.4, -0.2) is 41.0 Å². The van der Waals surface area contributed by atoms with Crippen LogP contribution in [0.3, 0.4) is 0 Å². The molecule has 3 atom stereocenters. The summed E-state index contributed by atoms with van der Waals surface area (Å²) in [5.74, 6) is 0.357. The van der Waals surface area contributed by atoms with E-state index in [1.807, 2.05) is 12.1 Å². The first-order valence-corrected chi connectivity index (χ1v) is 7.28. The number of nitrogens with zero attached hydrogens (tertiary/aromatic N) is 1. The molecule has 5 nitrogen and oxygen atoms in total. The zero-order valence-electron chi connectivity index (χ0n) is 12.3. The molecule has 2 fully saturated rings. The van der Waals surface area contributed by atoms with E-state index in [0.29, 0.717) is 13.0 Å². The lowest BCUT2D eigenvalue weighted by Crippen LogP contribution is -2.65. The average molecular weight is 288 g/mol. The number of aromatic hydroxyl groups is 1. The molecule has 2 saturated heterocycles. The molecule has 2 heterocycles. The molecule has 0 bridgehead atoms. The predicted octanol–water partition coefficient (Wildman–Crippen LogP) is 1.02. The summed E-state index contributed by atoms with van der Waals surface area (Å²) < 4.78 is 0. The molecule has 2 N–H and O–H groups in total. The summed E-state index contributed by atoms with van der Waals surface area (Å²) in [5, 5.41) is 12.4. The molecule has 0 unspecified atom stereocenters. The van der Waals surface area contributed by atoms with E-state index in [9.17, 15) is 14.7 Å². The molecule has 1 aromatic carbocycles. The Morgan fingerprint density at radius 3 is 2.86 bits per heavy atom. The fourth-order valence-corrected chi connectivity index (χ4v) is 3.49. The van der Waals surface area contributed by atoms with Crippen LogP contribution in [0.5, 0.6) is 5.75 Å². The molecule has 0 radical (unpaired) electrons. The second-order valence-corrected chi connectivity index (χ2v) is 6.35. The van der Waals surface area contributed by atoms with Crippen LogP contribution in [0.1, 0.15) is 25.8 Å². The van der Waals surface area contributed by atoms with Crippen molar-refractivity contribution in [3.05, 3.63) is 29.8 Å². The van der Waals surface area contributed by atoms with Crippen molar-refractivity contribution in [2.75, 3.05) is 13.1 Å². The molecule has 0 aromatic heterocycles. The van der Waals surface area contributed by atoms with Gasteiger partial charge in [-0.3, -0.25) is 9.59 Å². The molecule has 3 rings (SSSR count). The van der Waals surface area contributed by atoms with E-state index >= 15 is 0 Å². The van der Waals surface area contributed by atoms with Crippen molar-refractivity contribution < 1.29 is 14.7 Å². The molecule has 0 saturated carbocycles. The first-order chi connectivity index (χ1) is 9.91. The Hall–Kier alpha value is -2.04. The van der Waals surface area contributed by atoms with Crippen molar-refractivity contribution in [1.82, 2.24) is 10.2 Å². The Morgan fingerprint density at radius 2 is 2.14 bits per heavy atom. The SMILES string of the molecule is C[C@H]1CN2C(=O)CNC(=O)[C@H]2C[C@@]1(C)c1cccc(O)c1. The Bertz CT molecular complexity index is 601. The van der Waals surface area contributed by atoms with Gasteiger partial charge in [0.1, 0.15) is 11.8 Å². The van der Waals surface area contributed by atoms with Crippen LogP contribution in [-0.2, 0) is 15.0 Å². The lowest BCUT2D eigenvalue weighted by molar-refractivity contribution is -0.150. The number of phenols is 1. The number of carbonyl (C=O) groups is 2. The fraction of sp³-hybridized carbons (Fsp3) is 0.500. The zero-order chi connectivity index (χ0) is 15.2. The molecular weight excluding hydrogens is 268 g/mol. The normalized spacial score (nSPS) is 32.6. The van der Waals surface area contributed by atoms with Crippen LogP contribution in [0, 0.1) is 5.92 Å². The monoisotopic (exact) mass is 288 g/mol. The standard InChI is InChI=1S/C16H20N2O3/c1-10-9-18-13(15(21)17-8-14(18)20)7-16(10,2)11-4-3-5-12(19)6-11/h3-6,10,13,19H,7-9H2,1-2H3,(H,17,21)/t10-,13+,16+/m0/s1. The number of piperidine rings is 1. The Labute approximate surface area is 123 Å². The maximum atomic E-state index is 12.1. The van der Waals surface area contributed by atoms with Gasteiger partial charge in [0, 0.05) is 6.54 Å². The molecular formula is C16H20N2O3. The van der Waals surface area contributed by atoms with E-state index < -0.39 is 6.04 Å². The fourth-order valence-electron chi connectivity index (χ4n) is 3.49. The highest BCUT2D eigenvalue weighted by atomic mass is 16.3. The van der Waals surface area contributed by atoms with Gasteiger partial charge in [0.25, 0.3) is 0 Å². The number of carbonyl (C=O) groups excluding carboxylic acids is 2. The number of rotatable bonds is 1. The van der Waals surface area contributed by atoms with Gasteiger partial charge in [-0.1, -0.05) is 26.0 Å². The van der Waals surface area contributed by atoms with Gasteiger partial charge in [-0.15, -0.1) is 0 Å². The topological polar surface area (TPSA) is 69.6 Å². The van der Waals surface area contributed by atoms with E-state index in [1.165, 1.54) is 0 Å². The molecule has 0 aliphatic carbocycles. The summed E-state index contributed by atoms with van der Waals surface area (Å²) in [7, 11) is 0. The molecule has 0 spiro atoms. The maximum Gasteiger partial charge on any atom is 0.243 e. The van der Waals surface area contributed by atoms with Crippen LogP contribution in [0.2, 0.25) is 0 Å². The van der Waals surface area contributed by atoms with Crippen molar-refractivity contribution in [3.8, 4) is 5.75 Å². The number of phenolic OH excluding ortho intramolecular Hbond substituents is 1. The third kappa shape index (κ3) is 2.17. The van der Waals surface area contributed by atoms with Crippen LogP contribution < -0.4 is 5.32 Å². The highest BCUT2D eigenvalue weighted by Gasteiger charge is 2.48. The summed E-state index contributed by atoms with van der Waals surface area (Å²) >= 11 is 0. The van der Waals surface area contributed by atoms with Gasteiger partial charge in [-0.25, -0.2) is 0 Å². The number of benzene rings is 1. The van der Waals surface area contributed by atoms with Gasteiger partial charge in [-0.05, 0) is 35.4 Å². The Morgan fingerprint density at radius 1 is 1.38 bits per heavy atom. The molecule has 5 heteroatoms. The first kappa shape index (κ1) is 13.9. The number of hydrogen-bond acceptors (Lipinski definition) is 3. The van der Waals surface area contributed by atoms with Gasteiger partial charge in [0.05, 0.1) is 6.54 Å². The van der Waals surface area contributed by atoms with Crippen molar-refractivity contribution in [2.24, 2.45) is 5.92 Å². The van der Waals surface area contributed by atoms with Gasteiger partial charge < -0.3 is 15.3 Å². The summed E-state index contributed by atoms with van der Waals surface area (Å²) in [6.45, 7) is 4.88. The lowest BCUT2D eigenvalue weighted by atomic mass is 9.65. The van der Waals surface area contributed by atoms with Gasteiger partial charge in [0.2, 0.25) is 11.8 Å². The smallest absolute Gasteiger partial charge is 0.243 e. The third-order valence-electron chi connectivity index (χ3n) is 5.09. The van der Waals surface area contributed by atoms with Crippen LogP contribution >= 0.6 is 0 Å². The van der Waals surface area contributed by atoms with Crippen molar-refractivity contribution in [2.45, 2.75) is 31.7 Å². The first-order valence-electron chi connectivity index (χ1n) is 7.28. The van der Waals surface area contributed by atoms with E-state index in [1.54, 1.807) is 17.0 Å². The van der Waals surface area contributed by atoms with Crippen molar-refractivity contribution in [3.63, 3.8) is 0 Å². The van der Waals surface area contributed by atoms with Crippen LogP contribution in [0.25, 0.3) is 0 Å². The highest BCUT2D eigenvalue weighted by Crippen LogP contribution is 2.43. The van der Waals surface area contributed by atoms with Crippen molar-refractivity contribution >= 4 is 11.8 Å². The summed E-state index contributed by atoms with van der Waals surface area (Å²) in [4.78, 5) is 25.8. The Balaban J connectivity index is 1.97. The highest BCUT2D eigenvalue weighted by molar-refractivity contribution is 5.95. The number of fused-ring (bicyclic) bond motifs is 1. The third-order valence-corrected chi connectivity index (χ3v) is 5.09. The summed E-state index contributed by atoms with van der Waals surface area (Å²) in [5.41, 5.74) is 0.773. The van der Waals surface area contributed by atoms with Gasteiger partial charge in [0.15, 0.2) is 0 Å². The molecule has 112 valence electrons. The summed E-state index contributed by atoms with van der Waals surface area (Å²) in [6.07, 6.45) is 0.579. The van der Waals surface area contributed by atoms with E-state index in [-0.39, 0.29) is 35.4 Å². The number of nitrogens with one attached hydrogen (secondary N) is 1. The summed E-state index contributed by atoms with van der Waals surface area (Å²) in [6, 6.07) is 6.79. The Kier molecular flexibility index (Phi) is 3.15. The van der Waals surface area contributed by atoms with Crippen LogP contribution in [0.15, 0.2) is 24.3 Å². The van der Waals surface area contributed by atoms with E-state index in [2.05, 4.69) is 19.2 Å². The minimum absolute atomic E-state index is 0.00981. The van der Waals surface area contributed by atoms with Crippen molar-refractivity contribution in [1.29, 1.82) is 0 Å².